The van der Waals surface area contributed by atoms with E-state index in [0.29, 0.717) is 12.1 Å². The number of thioether (sulfide) groups is 1. The van der Waals surface area contributed by atoms with Gasteiger partial charge in [-0.2, -0.15) is 13.2 Å². The average Bonchev–Trinajstić information content (AvgIpc) is 3.13. The molecule has 0 unspecified atom stereocenters. The summed E-state index contributed by atoms with van der Waals surface area (Å²) in [7, 11) is 0. The van der Waals surface area contributed by atoms with Crippen LogP contribution in [0.25, 0.3) is 0 Å². The van der Waals surface area contributed by atoms with Crippen LogP contribution in [0.2, 0.25) is 0 Å². The maximum absolute atomic E-state index is 12.4. The summed E-state index contributed by atoms with van der Waals surface area (Å²) in [4.78, 5) is 14.0. The Morgan fingerprint density at radius 2 is 1.63 bits per heavy atom. The summed E-state index contributed by atoms with van der Waals surface area (Å²) in [5, 5.41) is 2.87. The molecule has 3 rings (SSSR count). The van der Waals surface area contributed by atoms with Crippen molar-refractivity contribution in [1.29, 1.82) is 0 Å². The first-order chi connectivity index (χ1) is 12.9. The fraction of sp³-hybridized carbons (Fsp3) is 0.350. The number of carbonyl (C=O) groups is 1. The average molecular weight is 395 g/mol. The van der Waals surface area contributed by atoms with Gasteiger partial charge >= 0.3 is 5.51 Å². The minimum absolute atomic E-state index is 0.0676. The number of benzene rings is 2. The van der Waals surface area contributed by atoms with Crippen molar-refractivity contribution < 1.29 is 22.9 Å². The molecule has 144 valence electrons. The molecule has 3 nitrogen and oxygen atoms in total. The number of rotatable bonds is 6. The molecule has 0 atom stereocenters. The van der Waals surface area contributed by atoms with Crippen molar-refractivity contribution >= 4 is 17.7 Å². The molecule has 1 aliphatic rings. The molecule has 1 heterocycles. The second-order valence-electron chi connectivity index (χ2n) is 6.66. The summed E-state index contributed by atoms with van der Waals surface area (Å²) < 4.78 is 37.1. The van der Waals surface area contributed by atoms with Crippen LogP contribution in [0.1, 0.15) is 34.3 Å². The molecule has 0 aromatic heterocycles. The van der Waals surface area contributed by atoms with Crippen LogP contribution in [0.5, 0.6) is 0 Å². The third-order valence-electron chi connectivity index (χ3n) is 4.66. The van der Waals surface area contributed by atoms with E-state index in [1.807, 2.05) is 18.2 Å². The van der Waals surface area contributed by atoms with Crippen molar-refractivity contribution in [3.63, 3.8) is 0 Å². The van der Waals surface area contributed by atoms with Crippen LogP contribution in [0.15, 0.2) is 53.4 Å². The van der Waals surface area contributed by atoms with Crippen molar-refractivity contribution in [3.8, 4) is 0 Å². The molecular formula is C20H22F3N2OS+. The number of amides is 1. The Balaban J connectivity index is 1.59. The van der Waals surface area contributed by atoms with E-state index in [2.05, 4.69) is 11.4 Å². The van der Waals surface area contributed by atoms with Crippen LogP contribution >= 0.6 is 11.8 Å². The molecule has 7 heteroatoms. The minimum atomic E-state index is -4.33. The fourth-order valence-corrected chi connectivity index (χ4v) is 3.85. The number of quaternary nitrogens is 1. The lowest BCUT2D eigenvalue weighted by Gasteiger charge is -2.15. The van der Waals surface area contributed by atoms with Crippen LogP contribution in [0.4, 0.5) is 13.2 Å². The lowest BCUT2D eigenvalue weighted by atomic mass is 10.1. The zero-order chi connectivity index (χ0) is 19.3. The highest BCUT2D eigenvalue weighted by Gasteiger charge is 2.29. The van der Waals surface area contributed by atoms with Crippen molar-refractivity contribution in [2.24, 2.45) is 0 Å². The molecule has 27 heavy (non-hydrogen) atoms. The van der Waals surface area contributed by atoms with Gasteiger partial charge < -0.3 is 10.2 Å². The highest BCUT2D eigenvalue weighted by atomic mass is 32.2. The van der Waals surface area contributed by atoms with E-state index in [1.165, 1.54) is 55.8 Å². The lowest BCUT2D eigenvalue weighted by Crippen LogP contribution is -3.08. The van der Waals surface area contributed by atoms with Crippen molar-refractivity contribution in [2.75, 3.05) is 13.1 Å². The molecule has 0 saturated carbocycles. The van der Waals surface area contributed by atoms with Gasteiger partial charge in [0.25, 0.3) is 5.91 Å². The van der Waals surface area contributed by atoms with Gasteiger partial charge in [0.05, 0.1) is 13.1 Å². The quantitative estimate of drug-likeness (QED) is 0.735. The van der Waals surface area contributed by atoms with Crippen molar-refractivity contribution in [1.82, 2.24) is 5.32 Å². The first kappa shape index (κ1) is 19.8. The number of hydrogen-bond acceptors (Lipinski definition) is 2. The summed E-state index contributed by atoms with van der Waals surface area (Å²) in [5.41, 5.74) is -1.67. The van der Waals surface area contributed by atoms with E-state index in [0.717, 1.165) is 12.1 Å². The van der Waals surface area contributed by atoms with E-state index >= 15 is 0 Å². The van der Waals surface area contributed by atoms with Gasteiger partial charge in [0.1, 0.15) is 6.54 Å². The molecule has 1 fully saturated rings. The van der Waals surface area contributed by atoms with Crippen LogP contribution in [-0.2, 0) is 13.1 Å². The molecule has 0 aliphatic carbocycles. The molecule has 0 bridgehead atoms. The topological polar surface area (TPSA) is 33.5 Å². The largest absolute Gasteiger partial charge is 0.446 e. The number of carbonyl (C=O) groups excluding carboxylic acids is 1. The molecule has 1 aliphatic heterocycles. The van der Waals surface area contributed by atoms with Gasteiger partial charge in [-0.1, -0.05) is 24.3 Å². The Bertz CT molecular complexity index is 772. The summed E-state index contributed by atoms with van der Waals surface area (Å²) in [6, 6.07) is 13.5. The summed E-state index contributed by atoms with van der Waals surface area (Å²) >= 11 is -0.186. The van der Waals surface area contributed by atoms with Gasteiger partial charge in [-0.15, -0.1) is 0 Å². The highest BCUT2D eigenvalue weighted by Crippen LogP contribution is 2.36. The molecule has 1 amide bonds. The molecule has 2 aromatic rings. The number of alkyl halides is 3. The van der Waals surface area contributed by atoms with Crippen LogP contribution in [-0.4, -0.2) is 24.5 Å². The zero-order valence-corrected chi connectivity index (χ0v) is 15.6. The number of nitrogens with one attached hydrogen (secondary N) is 2. The predicted molar refractivity (Wildman–Crippen MR) is 99.6 cm³/mol. The number of hydrogen-bond donors (Lipinski definition) is 2. The third kappa shape index (κ3) is 6.01. The molecule has 0 spiro atoms. The minimum Gasteiger partial charge on any atom is -0.348 e. The number of likely N-dealkylation sites (tertiary alicyclic amines) is 1. The lowest BCUT2D eigenvalue weighted by molar-refractivity contribution is -0.901. The Morgan fingerprint density at radius 3 is 2.26 bits per heavy atom. The summed E-state index contributed by atoms with van der Waals surface area (Å²) in [5.74, 6) is -0.290. The maximum atomic E-state index is 12.4. The van der Waals surface area contributed by atoms with Crippen LogP contribution < -0.4 is 10.2 Å². The van der Waals surface area contributed by atoms with Crippen LogP contribution in [0.3, 0.4) is 0 Å². The highest BCUT2D eigenvalue weighted by molar-refractivity contribution is 8.00. The van der Waals surface area contributed by atoms with Gasteiger partial charge in [0, 0.05) is 35.4 Å². The van der Waals surface area contributed by atoms with Gasteiger partial charge in [0.2, 0.25) is 0 Å². The first-order valence-electron chi connectivity index (χ1n) is 8.95. The third-order valence-corrected chi connectivity index (χ3v) is 5.40. The molecular weight excluding hydrogens is 373 g/mol. The Labute approximate surface area is 160 Å². The first-order valence-corrected chi connectivity index (χ1v) is 9.77. The summed E-state index contributed by atoms with van der Waals surface area (Å²) in [6.45, 7) is 3.72. The monoisotopic (exact) mass is 395 g/mol. The SMILES string of the molecule is O=C(NCc1ccccc1C[NH+]1CCCC1)c1ccc(SC(F)(F)F)cc1. The van der Waals surface area contributed by atoms with E-state index in [-0.39, 0.29) is 22.6 Å². The van der Waals surface area contributed by atoms with Gasteiger partial charge in [-0.25, -0.2) is 0 Å². The normalized spacial score (nSPS) is 15.1. The Hall–Kier alpha value is -1.99. The smallest absolute Gasteiger partial charge is 0.348 e. The second kappa shape index (κ2) is 8.80. The molecule has 2 N–H and O–H groups in total. The molecule has 0 radical (unpaired) electrons. The van der Waals surface area contributed by atoms with Crippen molar-refractivity contribution in [2.45, 2.75) is 36.3 Å². The predicted octanol–water partition coefficient (Wildman–Crippen LogP) is 3.41. The fourth-order valence-electron chi connectivity index (χ4n) is 3.31. The van der Waals surface area contributed by atoms with Gasteiger partial charge in [-0.3, -0.25) is 4.79 Å². The van der Waals surface area contributed by atoms with E-state index in [9.17, 15) is 18.0 Å². The zero-order valence-electron chi connectivity index (χ0n) is 14.8. The van der Waals surface area contributed by atoms with Crippen LogP contribution in [0, 0.1) is 0 Å². The van der Waals surface area contributed by atoms with Gasteiger partial charge in [-0.05, 0) is 41.6 Å². The molecule has 2 aromatic carbocycles. The Kier molecular flexibility index (Phi) is 6.44. The van der Waals surface area contributed by atoms with E-state index in [4.69, 9.17) is 0 Å². The van der Waals surface area contributed by atoms with E-state index in [1.54, 1.807) is 4.90 Å². The van der Waals surface area contributed by atoms with Crippen molar-refractivity contribution in [3.05, 3.63) is 65.2 Å². The van der Waals surface area contributed by atoms with Gasteiger partial charge in [0.15, 0.2) is 0 Å². The standard InChI is InChI=1S/C20H21F3N2OS/c21-20(22,23)27-18-9-7-15(8-10-18)19(26)24-13-16-5-1-2-6-17(16)14-25-11-3-4-12-25/h1-2,5-10H,3-4,11-14H2,(H,24,26)/p+1. The number of halogens is 3. The second-order valence-corrected chi connectivity index (χ2v) is 7.80. The Morgan fingerprint density at radius 1 is 1.00 bits per heavy atom. The van der Waals surface area contributed by atoms with E-state index < -0.39 is 5.51 Å². The summed E-state index contributed by atoms with van der Waals surface area (Å²) in [6.07, 6.45) is 2.52. The molecule has 1 saturated heterocycles. The maximum Gasteiger partial charge on any atom is 0.446 e.